The normalized spacial score (nSPS) is 14.1. The van der Waals surface area contributed by atoms with Crippen LogP contribution < -0.4 is 10.6 Å². The van der Waals surface area contributed by atoms with Gasteiger partial charge in [-0.3, -0.25) is 4.79 Å². The van der Waals surface area contributed by atoms with Gasteiger partial charge < -0.3 is 10.6 Å². The first-order valence-electron chi connectivity index (χ1n) is 6.74. The minimum absolute atomic E-state index is 0. The largest absolute Gasteiger partial charge is 0.350 e. The van der Waals surface area contributed by atoms with Gasteiger partial charge in [-0.05, 0) is 12.5 Å². The minimum Gasteiger partial charge on any atom is -0.350 e. The second-order valence-electron chi connectivity index (χ2n) is 5.09. The molecule has 0 aliphatic carbocycles. The summed E-state index contributed by atoms with van der Waals surface area (Å²) in [5, 5.41) is 8.87. The molecule has 2 N–H and O–H groups in total. The summed E-state index contributed by atoms with van der Waals surface area (Å²) in [6.45, 7) is 4.76. The number of nitrogens with zero attached hydrogens (tertiary/aromatic N) is 1. The monoisotopic (exact) mass is 323 g/mol. The van der Waals surface area contributed by atoms with Crippen LogP contribution in [0, 0.1) is 12.8 Å². The Morgan fingerprint density at radius 2 is 2.19 bits per heavy atom. The summed E-state index contributed by atoms with van der Waals surface area (Å²) >= 11 is 1.51. The van der Waals surface area contributed by atoms with Gasteiger partial charge in [0.15, 0.2) is 0 Å². The predicted octanol–water partition coefficient (Wildman–Crippen LogP) is 2.49. The second-order valence-corrected chi connectivity index (χ2v) is 5.95. The molecule has 1 saturated heterocycles. The van der Waals surface area contributed by atoms with Gasteiger partial charge in [-0.2, -0.15) is 0 Å². The number of benzene rings is 1. The van der Waals surface area contributed by atoms with E-state index in [1.807, 2.05) is 23.6 Å². The van der Waals surface area contributed by atoms with Gasteiger partial charge in [-0.25, -0.2) is 4.98 Å². The molecular formula is C15H18ClN3OS. The number of thiazole rings is 1. The SMILES string of the molecule is Cc1ccccc1-c1nc(C(=O)NCC2CNC2)cs1.Cl. The van der Waals surface area contributed by atoms with Crippen LogP contribution in [0.25, 0.3) is 10.6 Å². The van der Waals surface area contributed by atoms with Crippen LogP contribution in [0.15, 0.2) is 29.6 Å². The molecule has 2 aromatic rings. The first-order chi connectivity index (χ1) is 9.74. The first-order valence-corrected chi connectivity index (χ1v) is 7.62. The lowest BCUT2D eigenvalue weighted by atomic mass is 10.0. The van der Waals surface area contributed by atoms with Crippen LogP contribution in [0.3, 0.4) is 0 Å². The van der Waals surface area contributed by atoms with Crippen molar-refractivity contribution < 1.29 is 4.79 Å². The zero-order chi connectivity index (χ0) is 13.9. The quantitative estimate of drug-likeness (QED) is 0.909. The molecule has 0 spiro atoms. The Kier molecular flexibility index (Phi) is 5.33. The van der Waals surface area contributed by atoms with E-state index < -0.39 is 0 Å². The van der Waals surface area contributed by atoms with E-state index in [1.165, 1.54) is 16.9 Å². The van der Waals surface area contributed by atoms with Crippen molar-refractivity contribution in [3.63, 3.8) is 0 Å². The summed E-state index contributed by atoms with van der Waals surface area (Å²) in [5.74, 6) is 0.487. The van der Waals surface area contributed by atoms with Crippen molar-refractivity contribution in [3.05, 3.63) is 40.9 Å². The molecule has 1 aliphatic heterocycles. The molecule has 3 rings (SSSR count). The number of rotatable bonds is 4. The number of aromatic nitrogens is 1. The maximum Gasteiger partial charge on any atom is 0.270 e. The molecule has 1 aromatic heterocycles. The van der Waals surface area contributed by atoms with Crippen LogP contribution in [0.5, 0.6) is 0 Å². The van der Waals surface area contributed by atoms with Crippen molar-refractivity contribution in [2.24, 2.45) is 5.92 Å². The first kappa shape index (κ1) is 15.9. The third kappa shape index (κ3) is 3.61. The number of hydrogen-bond acceptors (Lipinski definition) is 4. The Balaban J connectivity index is 0.00000161. The lowest BCUT2D eigenvalue weighted by Crippen LogP contribution is -2.48. The van der Waals surface area contributed by atoms with Crippen LogP contribution in [0.4, 0.5) is 0 Å². The van der Waals surface area contributed by atoms with Gasteiger partial charge in [-0.15, -0.1) is 23.7 Å². The molecule has 0 bridgehead atoms. The smallest absolute Gasteiger partial charge is 0.270 e. The molecule has 2 heterocycles. The number of halogens is 1. The van der Waals surface area contributed by atoms with Gasteiger partial charge in [0.05, 0.1) is 0 Å². The molecule has 1 aliphatic rings. The van der Waals surface area contributed by atoms with E-state index in [-0.39, 0.29) is 18.3 Å². The number of hydrogen-bond donors (Lipinski definition) is 2. The molecule has 0 atom stereocenters. The fourth-order valence-electron chi connectivity index (χ4n) is 2.13. The molecule has 112 valence electrons. The van der Waals surface area contributed by atoms with E-state index in [4.69, 9.17) is 0 Å². The maximum absolute atomic E-state index is 12.0. The average Bonchev–Trinajstić information content (AvgIpc) is 2.87. The summed E-state index contributed by atoms with van der Waals surface area (Å²) in [7, 11) is 0. The van der Waals surface area contributed by atoms with Crippen LogP contribution in [0.1, 0.15) is 16.1 Å². The Labute approximate surface area is 134 Å². The molecule has 0 radical (unpaired) electrons. The Morgan fingerprint density at radius 1 is 1.43 bits per heavy atom. The third-order valence-corrected chi connectivity index (χ3v) is 4.41. The molecule has 4 nitrogen and oxygen atoms in total. The molecule has 0 unspecified atom stereocenters. The van der Waals surface area contributed by atoms with Crippen LogP contribution in [-0.4, -0.2) is 30.5 Å². The molecule has 0 saturated carbocycles. The molecule has 1 fully saturated rings. The van der Waals surface area contributed by atoms with Crippen molar-refractivity contribution in [1.29, 1.82) is 0 Å². The lowest BCUT2D eigenvalue weighted by molar-refractivity contribution is 0.0938. The fourth-order valence-corrected chi connectivity index (χ4v) is 3.03. The highest BCUT2D eigenvalue weighted by atomic mass is 35.5. The zero-order valence-corrected chi connectivity index (χ0v) is 13.4. The average molecular weight is 324 g/mol. The van der Waals surface area contributed by atoms with Crippen molar-refractivity contribution in [1.82, 2.24) is 15.6 Å². The van der Waals surface area contributed by atoms with E-state index in [1.54, 1.807) is 0 Å². The van der Waals surface area contributed by atoms with Gasteiger partial charge >= 0.3 is 0 Å². The second kappa shape index (κ2) is 7.02. The highest BCUT2D eigenvalue weighted by Crippen LogP contribution is 2.26. The number of aryl methyl sites for hydroxylation is 1. The van der Waals surface area contributed by atoms with E-state index >= 15 is 0 Å². The topological polar surface area (TPSA) is 54.0 Å². The van der Waals surface area contributed by atoms with Crippen molar-refractivity contribution in [2.45, 2.75) is 6.92 Å². The van der Waals surface area contributed by atoms with Gasteiger partial charge in [0.2, 0.25) is 0 Å². The summed E-state index contributed by atoms with van der Waals surface area (Å²) in [5.41, 5.74) is 2.79. The zero-order valence-electron chi connectivity index (χ0n) is 11.8. The molecular weight excluding hydrogens is 306 g/mol. The number of carbonyl (C=O) groups is 1. The maximum atomic E-state index is 12.0. The highest BCUT2D eigenvalue weighted by molar-refractivity contribution is 7.13. The minimum atomic E-state index is -0.0759. The number of amides is 1. The number of nitrogens with one attached hydrogen (secondary N) is 2. The van der Waals surface area contributed by atoms with Crippen LogP contribution >= 0.6 is 23.7 Å². The predicted molar refractivity (Wildman–Crippen MR) is 88.2 cm³/mol. The third-order valence-electron chi connectivity index (χ3n) is 3.53. The Hall–Kier alpha value is -1.43. The molecule has 1 amide bonds. The number of carbonyl (C=O) groups excluding carboxylic acids is 1. The van der Waals surface area contributed by atoms with Gasteiger partial charge in [0.25, 0.3) is 5.91 Å². The van der Waals surface area contributed by atoms with Gasteiger partial charge in [-0.1, -0.05) is 24.3 Å². The summed E-state index contributed by atoms with van der Waals surface area (Å²) in [4.78, 5) is 16.5. The van der Waals surface area contributed by atoms with Crippen LogP contribution in [-0.2, 0) is 0 Å². The summed E-state index contributed by atoms with van der Waals surface area (Å²) in [6.07, 6.45) is 0. The van der Waals surface area contributed by atoms with E-state index in [0.717, 1.165) is 30.2 Å². The highest BCUT2D eigenvalue weighted by Gasteiger charge is 2.19. The standard InChI is InChI=1S/C15H17N3OS.ClH/c1-10-4-2-3-5-12(10)15-18-13(9-20-15)14(19)17-8-11-6-16-7-11;/h2-5,9,11,16H,6-8H2,1H3,(H,17,19);1H. The van der Waals surface area contributed by atoms with Gasteiger partial charge in [0.1, 0.15) is 10.7 Å². The molecule has 21 heavy (non-hydrogen) atoms. The van der Waals surface area contributed by atoms with E-state index in [9.17, 15) is 4.79 Å². The van der Waals surface area contributed by atoms with E-state index in [2.05, 4.69) is 28.6 Å². The Morgan fingerprint density at radius 3 is 2.86 bits per heavy atom. The van der Waals surface area contributed by atoms with Crippen molar-refractivity contribution in [3.8, 4) is 10.6 Å². The fraction of sp³-hybridized carbons (Fsp3) is 0.333. The Bertz CT molecular complexity index is 625. The van der Waals surface area contributed by atoms with Crippen molar-refractivity contribution in [2.75, 3.05) is 19.6 Å². The summed E-state index contributed by atoms with van der Waals surface area (Å²) < 4.78 is 0. The summed E-state index contributed by atoms with van der Waals surface area (Å²) in [6, 6.07) is 8.09. The van der Waals surface area contributed by atoms with E-state index in [0.29, 0.717) is 11.6 Å². The molecule has 6 heteroatoms. The van der Waals surface area contributed by atoms with Crippen LogP contribution in [0.2, 0.25) is 0 Å². The van der Waals surface area contributed by atoms with Crippen molar-refractivity contribution >= 4 is 29.7 Å². The van der Waals surface area contributed by atoms with Gasteiger partial charge in [0, 0.05) is 36.5 Å². The molecule has 1 aromatic carbocycles. The lowest BCUT2D eigenvalue weighted by Gasteiger charge is -2.26.